The van der Waals surface area contributed by atoms with E-state index in [2.05, 4.69) is 12.6 Å². The first-order chi connectivity index (χ1) is 8.99. The Hall–Kier alpha value is -1.56. The molecule has 1 aromatic carbocycles. The molecule has 1 aliphatic rings. The van der Waals surface area contributed by atoms with Gasteiger partial charge < -0.3 is 9.80 Å². The van der Waals surface area contributed by atoms with Gasteiger partial charge in [-0.3, -0.25) is 9.59 Å². The molecule has 1 aliphatic heterocycles. The molecule has 1 heterocycles. The SMILES string of the molecule is CN1CCCN(C(=O)c2cc(S)ccc2F)CC1=O. The molecule has 1 aromatic rings. The van der Waals surface area contributed by atoms with E-state index in [4.69, 9.17) is 0 Å². The van der Waals surface area contributed by atoms with Crippen molar-refractivity contribution in [2.45, 2.75) is 11.3 Å². The van der Waals surface area contributed by atoms with Crippen molar-refractivity contribution in [2.24, 2.45) is 0 Å². The zero-order valence-electron chi connectivity index (χ0n) is 10.6. The lowest BCUT2D eigenvalue weighted by Gasteiger charge is -2.20. The smallest absolute Gasteiger partial charge is 0.257 e. The number of rotatable bonds is 1. The molecule has 102 valence electrons. The monoisotopic (exact) mass is 282 g/mol. The summed E-state index contributed by atoms with van der Waals surface area (Å²) >= 11 is 4.10. The number of carbonyl (C=O) groups excluding carboxylic acids is 2. The van der Waals surface area contributed by atoms with Crippen LogP contribution in [0.25, 0.3) is 0 Å². The summed E-state index contributed by atoms with van der Waals surface area (Å²) in [4.78, 5) is 27.5. The standard InChI is InChI=1S/C13H15FN2O2S/c1-15-5-2-6-16(8-12(15)17)13(18)10-7-9(19)3-4-11(10)14/h3-4,7,19H,2,5-6,8H2,1H3. The van der Waals surface area contributed by atoms with E-state index in [-0.39, 0.29) is 18.0 Å². The van der Waals surface area contributed by atoms with Crippen molar-refractivity contribution in [1.29, 1.82) is 0 Å². The van der Waals surface area contributed by atoms with Gasteiger partial charge in [0, 0.05) is 25.0 Å². The number of likely N-dealkylation sites (N-methyl/N-ethyl adjacent to an activating group) is 1. The molecular weight excluding hydrogens is 267 g/mol. The Kier molecular flexibility index (Phi) is 4.09. The maximum atomic E-state index is 13.7. The lowest BCUT2D eigenvalue weighted by Crippen LogP contribution is -2.38. The number of thiol groups is 1. The number of carbonyl (C=O) groups is 2. The minimum Gasteiger partial charge on any atom is -0.344 e. The maximum absolute atomic E-state index is 13.7. The molecule has 1 saturated heterocycles. The first-order valence-corrected chi connectivity index (χ1v) is 6.45. The number of hydrogen-bond acceptors (Lipinski definition) is 3. The Labute approximate surface area is 116 Å². The normalized spacial score (nSPS) is 16.5. The fourth-order valence-corrected chi connectivity index (χ4v) is 2.21. The van der Waals surface area contributed by atoms with E-state index in [0.29, 0.717) is 24.4 Å². The summed E-state index contributed by atoms with van der Waals surface area (Å²) in [5, 5.41) is 0. The molecule has 1 fully saturated rings. The largest absolute Gasteiger partial charge is 0.344 e. The molecule has 2 rings (SSSR count). The van der Waals surface area contributed by atoms with E-state index in [0.717, 1.165) is 0 Å². The summed E-state index contributed by atoms with van der Waals surface area (Å²) in [6.07, 6.45) is 0.691. The highest BCUT2D eigenvalue weighted by molar-refractivity contribution is 7.80. The molecule has 4 nitrogen and oxygen atoms in total. The zero-order valence-corrected chi connectivity index (χ0v) is 11.5. The van der Waals surface area contributed by atoms with E-state index in [1.807, 2.05) is 0 Å². The van der Waals surface area contributed by atoms with Crippen LogP contribution in [-0.2, 0) is 4.79 Å². The summed E-state index contributed by atoms with van der Waals surface area (Å²) in [6, 6.07) is 4.08. The van der Waals surface area contributed by atoms with Gasteiger partial charge in [-0.05, 0) is 24.6 Å². The summed E-state index contributed by atoms with van der Waals surface area (Å²) in [7, 11) is 1.70. The molecule has 0 aromatic heterocycles. The molecule has 0 N–H and O–H groups in total. The summed E-state index contributed by atoms with van der Waals surface area (Å²) < 4.78 is 13.7. The Morgan fingerprint density at radius 3 is 2.84 bits per heavy atom. The average Bonchev–Trinajstić information content (AvgIpc) is 2.54. The Balaban J connectivity index is 2.23. The fraction of sp³-hybridized carbons (Fsp3) is 0.385. The van der Waals surface area contributed by atoms with E-state index < -0.39 is 11.7 Å². The van der Waals surface area contributed by atoms with Crippen LogP contribution in [0.4, 0.5) is 4.39 Å². The topological polar surface area (TPSA) is 40.6 Å². The van der Waals surface area contributed by atoms with Crippen molar-refractivity contribution in [1.82, 2.24) is 9.80 Å². The second kappa shape index (κ2) is 5.61. The first kappa shape index (κ1) is 13.9. The van der Waals surface area contributed by atoms with Crippen LogP contribution in [-0.4, -0.2) is 48.3 Å². The molecule has 0 radical (unpaired) electrons. The highest BCUT2D eigenvalue weighted by Gasteiger charge is 2.25. The number of benzene rings is 1. The number of hydrogen-bond donors (Lipinski definition) is 1. The Bertz CT molecular complexity index is 521. The highest BCUT2D eigenvalue weighted by atomic mass is 32.1. The van der Waals surface area contributed by atoms with Crippen molar-refractivity contribution in [3.8, 4) is 0 Å². The molecule has 0 atom stereocenters. The van der Waals surface area contributed by atoms with Gasteiger partial charge in [0.25, 0.3) is 5.91 Å². The molecule has 0 aliphatic carbocycles. The van der Waals surface area contributed by atoms with Crippen LogP contribution in [0, 0.1) is 5.82 Å². The maximum Gasteiger partial charge on any atom is 0.257 e. The second-order valence-electron chi connectivity index (χ2n) is 4.56. The lowest BCUT2D eigenvalue weighted by atomic mass is 10.2. The zero-order chi connectivity index (χ0) is 14.0. The van der Waals surface area contributed by atoms with Gasteiger partial charge >= 0.3 is 0 Å². The summed E-state index contributed by atoms with van der Waals surface area (Å²) in [5.41, 5.74) is -0.0372. The first-order valence-electron chi connectivity index (χ1n) is 6.01. The average molecular weight is 282 g/mol. The van der Waals surface area contributed by atoms with Crippen LogP contribution >= 0.6 is 12.6 Å². The Morgan fingerprint density at radius 2 is 2.11 bits per heavy atom. The molecule has 2 amide bonds. The highest BCUT2D eigenvalue weighted by Crippen LogP contribution is 2.16. The lowest BCUT2D eigenvalue weighted by molar-refractivity contribution is -0.129. The fourth-order valence-electron chi connectivity index (χ4n) is 2.01. The molecule has 0 spiro atoms. The van der Waals surface area contributed by atoms with Gasteiger partial charge in [-0.25, -0.2) is 4.39 Å². The van der Waals surface area contributed by atoms with E-state index >= 15 is 0 Å². The third-order valence-corrected chi connectivity index (χ3v) is 3.42. The van der Waals surface area contributed by atoms with E-state index in [1.165, 1.54) is 23.1 Å². The molecule has 19 heavy (non-hydrogen) atoms. The Morgan fingerprint density at radius 1 is 1.37 bits per heavy atom. The van der Waals surface area contributed by atoms with Crippen LogP contribution in [0.1, 0.15) is 16.8 Å². The van der Waals surface area contributed by atoms with Crippen LogP contribution in [0.2, 0.25) is 0 Å². The number of nitrogens with zero attached hydrogens (tertiary/aromatic N) is 2. The summed E-state index contributed by atoms with van der Waals surface area (Å²) in [5.74, 6) is -1.18. The van der Waals surface area contributed by atoms with E-state index in [1.54, 1.807) is 11.9 Å². The van der Waals surface area contributed by atoms with Gasteiger partial charge in [-0.1, -0.05) is 0 Å². The van der Waals surface area contributed by atoms with Crippen molar-refractivity contribution >= 4 is 24.4 Å². The molecule has 0 saturated carbocycles. The predicted octanol–water partition coefficient (Wildman–Crippen LogP) is 1.42. The summed E-state index contributed by atoms with van der Waals surface area (Å²) in [6.45, 7) is 1.05. The molecule has 0 bridgehead atoms. The molecule has 6 heteroatoms. The van der Waals surface area contributed by atoms with Gasteiger partial charge in [0.05, 0.1) is 5.56 Å². The predicted molar refractivity (Wildman–Crippen MR) is 71.8 cm³/mol. The van der Waals surface area contributed by atoms with Gasteiger partial charge in [0.2, 0.25) is 5.91 Å². The van der Waals surface area contributed by atoms with Crippen LogP contribution < -0.4 is 0 Å². The van der Waals surface area contributed by atoms with Gasteiger partial charge in [0.15, 0.2) is 0 Å². The minimum atomic E-state index is -0.590. The van der Waals surface area contributed by atoms with Gasteiger partial charge in [-0.2, -0.15) is 0 Å². The molecule has 0 unspecified atom stereocenters. The quantitative estimate of drug-likeness (QED) is 0.791. The van der Waals surface area contributed by atoms with Crippen molar-refractivity contribution in [3.63, 3.8) is 0 Å². The molecular formula is C13H15FN2O2S. The van der Waals surface area contributed by atoms with Crippen molar-refractivity contribution in [2.75, 3.05) is 26.7 Å². The third kappa shape index (κ3) is 3.07. The van der Waals surface area contributed by atoms with Gasteiger partial charge in [-0.15, -0.1) is 12.6 Å². The van der Waals surface area contributed by atoms with Crippen LogP contribution in [0.5, 0.6) is 0 Å². The number of halogens is 1. The van der Waals surface area contributed by atoms with E-state index in [9.17, 15) is 14.0 Å². The van der Waals surface area contributed by atoms with Crippen LogP contribution in [0.3, 0.4) is 0 Å². The van der Waals surface area contributed by atoms with Crippen molar-refractivity contribution in [3.05, 3.63) is 29.6 Å². The second-order valence-corrected chi connectivity index (χ2v) is 5.08. The minimum absolute atomic E-state index is 0.00836. The third-order valence-electron chi connectivity index (χ3n) is 3.14. The van der Waals surface area contributed by atoms with Gasteiger partial charge in [0.1, 0.15) is 12.4 Å². The number of amides is 2. The van der Waals surface area contributed by atoms with Crippen LogP contribution in [0.15, 0.2) is 23.1 Å². The van der Waals surface area contributed by atoms with Crippen molar-refractivity contribution < 1.29 is 14.0 Å².